The topological polar surface area (TPSA) is 62.8 Å². The van der Waals surface area contributed by atoms with Crippen molar-refractivity contribution in [1.29, 1.82) is 0 Å². The van der Waals surface area contributed by atoms with E-state index < -0.39 is 0 Å². The lowest BCUT2D eigenvalue weighted by molar-refractivity contribution is 0.415. The van der Waals surface area contributed by atoms with Crippen LogP contribution in [0.25, 0.3) is 22.8 Å². The van der Waals surface area contributed by atoms with E-state index >= 15 is 0 Å². The molecular weight excluding hydrogens is 312 g/mol. The normalized spacial score (nSPS) is 10.2. The molecule has 0 spiro atoms. The molecule has 3 aromatic rings. The van der Waals surface area contributed by atoms with Crippen molar-refractivity contribution in [1.82, 2.24) is 20.5 Å². The zero-order valence-electron chi connectivity index (χ0n) is 13.0. The Morgan fingerprint density at radius 1 is 1.09 bits per heavy atom. The fraction of sp³-hybridized carbons (Fsp3) is 0.176. The first-order chi connectivity index (χ1) is 10.8. The van der Waals surface area contributed by atoms with E-state index in [4.69, 9.17) is 4.74 Å². The second kappa shape index (κ2) is 7.76. The SMILES string of the molecule is CNCc1cccc(-c2n[nH]c(-c3ccc(OC)cc3)n2)c1.Cl. The quantitative estimate of drug-likeness (QED) is 0.753. The van der Waals surface area contributed by atoms with Gasteiger partial charge in [0.25, 0.3) is 0 Å². The molecule has 120 valence electrons. The van der Waals surface area contributed by atoms with E-state index in [1.165, 1.54) is 5.56 Å². The van der Waals surface area contributed by atoms with Crippen LogP contribution >= 0.6 is 12.4 Å². The van der Waals surface area contributed by atoms with E-state index in [9.17, 15) is 0 Å². The van der Waals surface area contributed by atoms with E-state index in [0.29, 0.717) is 5.82 Å². The van der Waals surface area contributed by atoms with Crippen molar-refractivity contribution in [3.63, 3.8) is 0 Å². The molecule has 5 nitrogen and oxygen atoms in total. The average Bonchev–Trinajstić information content (AvgIpc) is 3.06. The van der Waals surface area contributed by atoms with E-state index in [2.05, 4.69) is 32.6 Å². The Kier molecular flexibility index (Phi) is 5.73. The molecule has 2 N–H and O–H groups in total. The van der Waals surface area contributed by atoms with Gasteiger partial charge in [-0.25, -0.2) is 4.98 Å². The molecule has 0 unspecified atom stereocenters. The molecule has 0 bridgehead atoms. The van der Waals surface area contributed by atoms with Gasteiger partial charge in [-0.3, -0.25) is 5.10 Å². The Labute approximate surface area is 141 Å². The van der Waals surface area contributed by atoms with Crippen molar-refractivity contribution in [3.8, 4) is 28.5 Å². The number of ether oxygens (including phenoxy) is 1. The molecule has 0 aliphatic carbocycles. The Morgan fingerprint density at radius 2 is 1.87 bits per heavy atom. The number of benzene rings is 2. The Morgan fingerprint density at radius 3 is 2.57 bits per heavy atom. The zero-order chi connectivity index (χ0) is 15.4. The highest BCUT2D eigenvalue weighted by Crippen LogP contribution is 2.22. The molecule has 0 amide bonds. The first kappa shape index (κ1) is 17.0. The van der Waals surface area contributed by atoms with Crippen LogP contribution < -0.4 is 10.1 Å². The highest BCUT2D eigenvalue weighted by atomic mass is 35.5. The summed E-state index contributed by atoms with van der Waals surface area (Å²) in [5.41, 5.74) is 3.19. The molecule has 1 aromatic heterocycles. The van der Waals surface area contributed by atoms with Crippen LogP contribution in [-0.4, -0.2) is 29.3 Å². The van der Waals surface area contributed by atoms with Crippen molar-refractivity contribution >= 4 is 12.4 Å². The third kappa shape index (κ3) is 3.88. The third-order valence-electron chi connectivity index (χ3n) is 3.41. The summed E-state index contributed by atoms with van der Waals surface area (Å²) < 4.78 is 5.16. The van der Waals surface area contributed by atoms with Crippen molar-refractivity contribution in [2.45, 2.75) is 6.54 Å². The predicted molar refractivity (Wildman–Crippen MR) is 93.8 cm³/mol. The standard InChI is InChI=1S/C17H18N4O.ClH/c1-18-11-12-4-3-5-14(10-12)17-19-16(20-21-17)13-6-8-15(22-2)9-7-13;/h3-10,18H,11H2,1-2H3,(H,19,20,21);1H. The maximum Gasteiger partial charge on any atom is 0.181 e. The summed E-state index contributed by atoms with van der Waals surface area (Å²) in [5, 5.41) is 10.5. The molecule has 0 radical (unpaired) electrons. The Bertz CT molecular complexity index is 755. The van der Waals surface area contributed by atoms with Gasteiger partial charge >= 0.3 is 0 Å². The number of nitrogens with one attached hydrogen (secondary N) is 2. The van der Waals surface area contributed by atoms with Crippen LogP contribution in [0.3, 0.4) is 0 Å². The smallest absolute Gasteiger partial charge is 0.181 e. The molecule has 23 heavy (non-hydrogen) atoms. The number of halogens is 1. The molecular formula is C17H19ClN4O. The van der Waals surface area contributed by atoms with Gasteiger partial charge in [0.05, 0.1) is 7.11 Å². The summed E-state index contributed by atoms with van der Waals surface area (Å²) in [6.07, 6.45) is 0. The second-order valence-electron chi connectivity index (χ2n) is 4.97. The fourth-order valence-electron chi connectivity index (χ4n) is 2.29. The zero-order valence-corrected chi connectivity index (χ0v) is 13.9. The molecule has 0 aliphatic rings. The summed E-state index contributed by atoms with van der Waals surface area (Å²) in [6, 6.07) is 15.9. The van der Waals surface area contributed by atoms with Gasteiger partial charge in [-0.2, -0.15) is 5.10 Å². The minimum Gasteiger partial charge on any atom is -0.497 e. The van der Waals surface area contributed by atoms with E-state index in [-0.39, 0.29) is 12.4 Å². The van der Waals surface area contributed by atoms with E-state index in [1.807, 2.05) is 43.4 Å². The van der Waals surface area contributed by atoms with Crippen molar-refractivity contribution in [3.05, 3.63) is 54.1 Å². The van der Waals surface area contributed by atoms with Gasteiger partial charge in [0.1, 0.15) is 5.75 Å². The summed E-state index contributed by atoms with van der Waals surface area (Å²) >= 11 is 0. The first-order valence-corrected chi connectivity index (χ1v) is 7.11. The largest absolute Gasteiger partial charge is 0.497 e. The highest BCUT2D eigenvalue weighted by Gasteiger charge is 2.08. The number of nitrogens with zero attached hydrogens (tertiary/aromatic N) is 2. The average molecular weight is 331 g/mol. The molecule has 0 saturated carbocycles. The maximum absolute atomic E-state index is 5.16. The van der Waals surface area contributed by atoms with Gasteiger partial charge in [-0.15, -0.1) is 12.4 Å². The van der Waals surface area contributed by atoms with Crippen LogP contribution in [0.4, 0.5) is 0 Å². The van der Waals surface area contributed by atoms with Crippen LogP contribution in [0, 0.1) is 0 Å². The molecule has 0 aliphatic heterocycles. The lowest BCUT2D eigenvalue weighted by Crippen LogP contribution is -2.04. The molecule has 0 fully saturated rings. The summed E-state index contributed by atoms with van der Waals surface area (Å²) in [5.74, 6) is 2.27. The monoisotopic (exact) mass is 330 g/mol. The summed E-state index contributed by atoms with van der Waals surface area (Å²) in [7, 11) is 3.58. The molecule has 0 atom stereocenters. The molecule has 0 saturated heterocycles. The van der Waals surface area contributed by atoms with E-state index in [1.54, 1.807) is 7.11 Å². The maximum atomic E-state index is 5.16. The second-order valence-corrected chi connectivity index (χ2v) is 4.97. The van der Waals surface area contributed by atoms with Crippen LogP contribution in [0.5, 0.6) is 5.75 Å². The van der Waals surface area contributed by atoms with Crippen molar-refractivity contribution in [2.75, 3.05) is 14.2 Å². The molecule has 3 rings (SSSR count). The van der Waals surface area contributed by atoms with Crippen LogP contribution in [0.15, 0.2) is 48.5 Å². The lowest BCUT2D eigenvalue weighted by Gasteiger charge is -2.01. The minimum absolute atomic E-state index is 0. The van der Waals surface area contributed by atoms with Crippen molar-refractivity contribution < 1.29 is 4.74 Å². The number of hydrogen-bond donors (Lipinski definition) is 2. The Hall–Kier alpha value is -2.37. The number of rotatable bonds is 5. The van der Waals surface area contributed by atoms with Crippen LogP contribution in [-0.2, 0) is 6.54 Å². The molecule has 2 aromatic carbocycles. The first-order valence-electron chi connectivity index (χ1n) is 7.11. The lowest BCUT2D eigenvalue weighted by atomic mass is 10.1. The Balaban J connectivity index is 0.00000192. The highest BCUT2D eigenvalue weighted by molar-refractivity contribution is 5.85. The molecule has 6 heteroatoms. The number of H-pyrrole nitrogens is 1. The number of hydrogen-bond acceptors (Lipinski definition) is 4. The van der Waals surface area contributed by atoms with Gasteiger partial charge < -0.3 is 10.1 Å². The number of methoxy groups -OCH3 is 1. The van der Waals surface area contributed by atoms with Crippen LogP contribution in [0.2, 0.25) is 0 Å². The minimum atomic E-state index is 0. The van der Waals surface area contributed by atoms with E-state index in [0.717, 1.165) is 29.2 Å². The van der Waals surface area contributed by atoms with Crippen LogP contribution in [0.1, 0.15) is 5.56 Å². The van der Waals surface area contributed by atoms with Gasteiger partial charge in [-0.05, 0) is 42.9 Å². The third-order valence-corrected chi connectivity index (χ3v) is 3.41. The molecule has 1 heterocycles. The number of aromatic nitrogens is 3. The van der Waals surface area contributed by atoms with Gasteiger partial charge in [0.2, 0.25) is 0 Å². The van der Waals surface area contributed by atoms with Crippen molar-refractivity contribution in [2.24, 2.45) is 0 Å². The fourth-order valence-corrected chi connectivity index (χ4v) is 2.29. The predicted octanol–water partition coefficient (Wildman–Crippen LogP) is 3.29. The van der Waals surface area contributed by atoms with Gasteiger partial charge in [0.15, 0.2) is 11.6 Å². The summed E-state index contributed by atoms with van der Waals surface area (Å²) in [6.45, 7) is 0.823. The van der Waals surface area contributed by atoms with Gasteiger partial charge in [0, 0.05) is 17.7 Å². The summed E-state index contributed by atoms with van der Waals surface area (Å²) in [4.78, 5) is 4.58. The van der Waals surface area contributed by atoms with Gasteiger partial charge in [-0.1, -0.05) is 18.2 Å². The number of aromatic amines is 1.